The second-order valence-electron chi connectivity index (χ2n) is 4.40. The van der Waals surface area contributed by atoms with E-state index in [1.54, 1.807) is 0 Å². The first-order valence-corrected chi connectivity index (χ1v) is 7.83. The minimum atomic E-state index is -3.90. The number of benzene rings is 1. The van der Waals surface area contributed by atoms with Gasteiger partial charge in [0.15, 0.2) is 9.84 Å². The molecule has 0 unspecified atom stereocenters. The van der Waals surface area contributed by atoms with Crippen LogP contribution in [-0.2, 0) is 14.6 Å². The van der Waals surface area contributed by atoms with Crippen LogP contribution in [0.4, 0.5) is 17.1 Å². The number of sulfone groups is 1. The molecule has 0 aliphatic rings. The molecule has 22 heavy (non-hydrogen) atoms. The normalized spacial score (nSPS) is 11.0. The second kappa shape index (κ2) is 6.05. The average Bonchev–Trinajstić information content (AvgIpc) is 2.42. The lowest BCUT2D eigenvalue weighted by Gasteiger charge is -2.17. The number of amides is 1. The van der Waals surface area contributed by atoms with Crippen LogP contribution in [0.15, 0.2) is 17.0 Å². The highest BCUT2D eigenvalue weighted by molar-refractivity contribution is 7.90. The van der Waals surface area contributed by atoms with E-state index in [4.69, 9.17) is 0 Å². The van der Waals surface area contributed by atoms with Gasteiger partial charge >= 0.3 is 11.4 Å². The number of nitro benzene ring substituents is 2. The number of anilines is 1. The van der Waals surface area contributed by atoms with Gasteiger partial charge in [-0.25, -0.2) is 8.42 Å². The van der Waals surface area contributed by atoms with E-state index in [0.29, 0.717) is 12.1 Å². The maximum atomic E-state index is 11.7. The molecule has 0 bridgehead atoms. The quantitative estimate of drug-likeness (QED) is 0.584. The Bertz CT molecular complexity index is 722. The number of carbonyl (C=O) groups is 1. The Kier molecular flexibility index (Phi) is 4.81. The fourth-order valence-electron chi connectivity index (χ4n) is 1.78. The summed E-state index contributed by atoms with van der Waals surface area (Å²) in [6.45, 7) is 1.49. The molecule has 0 aliphatic heterocycles. The van der Waals surface area contributed by atoms with Gasteiger partial charge in [0, 0.05) is 31.9 Å². The van der Waals surface area contributed by atoms with Gasteiger partial charge in [-0.1, -0.05) is 6.92 Å². The van der Waals surface area contributed by atoms with Gasteiger partial charge in [-0.3, -0.25) is 25.0 Å². The third kappa shape index (κ3) is 3.36. The van der Waals surface area contributed by atoms with E-state index < -0.39 is 47.5 Å². The maximum absolute atomic E-state index is 11.7. The lowest BCUT2D eigenvalue weighted by molar-refractivity contribution is -0.392. The van der Waals surface area contributed by atoms with Crippen LogP contribution in [0.2, 0.25) is 0 Å². The van der Waals surface area contributed by atoms with Crippen LogP contribution in [0.3, 0.4) is 0 Å². The maximum Gasteiger partial charge on any atom is 0.301 e. The van der Waals surface area contributed by atoms with E-state index in [0.717, 1.165) is 18.2 Å². The molecule has 0 heterocycles. The summed E-state index contributed by atoms with van der Waals surface area (Å²) in [6, 6.07) is 1.41. The molecule has 10 nitrogen and oxygen atoms in total. The van der Waals surface area contributed by atoms with Crippen molar-refractivity contribution in [2.75, 3.05) is 18.2 Å². The van der Waals surface area contributed by atoms with Gasteiger partial charge < -0.3 is 4.90 Å². The Morgan fingerprint density at radius 3 is 1.86 bits per heavy atom. The third-order valence-electron chi connectivity index (χ3n) is 2.88. The van der Waals surface area contributed by atoms with Crippen molar-refractivity contribution in [1.29, 1.82) is 0 Å². The molecule has 1 rings (SSSR count). The van der Waals surface area contributed by atoms with Gasteiger partial charge in [-0.05, 0) is 0 Å². The fourth-order valence-corrected chi connectivity index (χ4v) is 2.43. The monoisotopic (exact) mass is 331 g/mol. The van der Waals surface area contributed by atoms with Crippen LogP contribution in [0.25, 0.3) is 0 Å². The van der Waals surface area contributed by atoms with Crippen LogP contribution in [-0.4, -0.2) is 37.5 Å². The summed E-state index contributed by atoms with van der Waals surface area (Å²) in [7, 11) is -2.74. The number of carbonyl (C=O) groups excluding carboxylic acids is 1. The molecule has 0 spiro atoms. The van der Waals surface area contributed by atoms with E-state index in [1.165, 1.54) is 6.92 Å². The van der Waals surface area contributed by atoms with Crippen molar-refractivity contribution in [2.45, 2.75) is 18.2 Å². The standard InChI is InChI=1S/C11H13N3O7S/c1-4-10(15)12(2)11-8(13(16)17)5-7(22(3,20)21)6-9(11)14(18)19/h5-6H,4H2,1-3H3. The molecule has 1 amide bonds. The largest absolute Gasteiger partial charge is 0.304 e. The minimum Gasteiger partial charge on any atom is -0.304 e. The summed E-state index contributed by atoms with van der Waals surface area (Å²) in [4.78, 5) is 32.3. The molecule has 11 heteroatoms. The number of nitrogens with zero attached hydrogens (tertiary/aromatic N) is 3. The number of hydrogen-bond donors (Lipinski definition) is 0. The van der Waals surface area contributed by atoms with E-state index in [2.05, 4.69) is 0 Å². The molecule has 0 radical (unpaired) electrons. The average molecular weight is 331 g/mol. The Morgan fingerprint density at radius 1 is 1.18 bits per heavy atom. The van der Waals surface area contributed by atoms with Crippen molar-refractivity contribution in [3.63, 3.8) is 0 Å². The number of hydrogen-bond acceptors (Lipinski definition) is 7. The Hall–Kier alpha value is -2.56. The van der Waals surface area contributed by atoms with Crippen LogP contribution in [0.5, 0.6) is 0 Å². The highest BCUT2D eigenvalue weighted by Crippen LogP contribution is 2.39. The van der Waals surface area contributed by atoms with Crippen LogP contribution in [0, 0.1) is 20.2 Å². The smallest absolute Gasteiger partial charge is 0.301 e. The molecule has 1 aromatic rings. The Balaban J connectivity index is 3.84. The molecule has 1 aromatic carbocycles. The zero-order valence-corrected chi connectivity index (χ0v) is 12.8. The van der Waals surface area contributed by atoms with E-state index in [1.807, 2.05) is 0 Å². The summed E-state index contributed by atoms with van der Waals surface area (Å²) in [6.07, 6.45) is 0.745. The predicted octanol–water partition coefficient (Wildman–Crippen LogP) is 1.28. The van der Waals surface area contributed by atoms with E-state index in [-0.39, 0.29) is 6.42 Å². The van der Waals surface area contributed by atoms with Crippen LogP contribution >= 0.6 is 0 Å². The molecular weight excluding hydrogens is 318 g/mol. The Labute approximate surface area is 125 Å². The Morgan fingerprint density at radius 2 is 1.59 bits per heavy atom. The molecule has 0 saturated heterocycles. The third-order valence-corrected chi connectivity index (χ3v) is 3.97. The number of rotatable bonds is 5. The fraction of sp³-hybridized carbons (Fsp3) is 0.364. The molecule has 0 saturated carbocycles. The lowest BCUT2D eigenvalue weighted by atomic mass is 10.2. The summed E-state index contributed by atoms with van der Waals surface area (Å²) in [5.74, 6) is -0.585. The highest BCUT2D eigenvalue weighted by Gasteiger charge is 2.33. The van der Waals surface area contributed by atoms with Crippen molar-refractivity contribution in [2.24, 2.45) is 0 Å². The predicted molar refractivity (Wildman–Crippen MR) is 76.6 cm³/mol. The number of nitro groups is 2. The van der Waals surface area contributed by atoms with E-state index >= 15 is 0 Å². The summed E-state index contributed by atoms with van der Waals surface area (Å²) in [5, 5.41) is 22.3. The van der Waals surface area contributed by atoms with Crippen molar-refractivity contribution in [1.82, 2.24) is 0 Å². The molecule has 0 aromatic heterocycles. The van der Waals surface area contributed by atoms with Gasteiger partial charge in [0.05, 0.1) is 14.7 Å². The van der Waals surface area contributed by atoms with Gasteiger partial charge in [-0.2, -0.15) is 0 Å². The second-order valence-corrected chi connectivity index (χ2v) is 6.42. The topological polar surface area (TPSA) is 141 Å². The van der Waals surface area contributed by atoms with Crippen LogP contribution < -0.4 is 4.90 Å². The summed E-state index contributed by atoms with van der Waals surface area (Å²) < 4.78 is 23.1. The minimum absolute atomic E-state index is 0.0291. The van der Waals surface area contributed by atoms with Crippen LogP contribution in [0.1, 0.15) is 13.3 Å². The molecule has 0 fully saturated rings. The molecular formula is C11H13N3O7S. The SMILES string of the molecule is CCC(=O)N(C)c1c([N+](=O)[O-])cc(S(C)(=O)=O)cc1[N+](=O)[O-]. The molecule has 0 atom stereocenters. The van der Waals surface area contributed by atoms with Gasteiger partial charge in [0.2, 0.25) is 11.6 Å². The summed E-state index contributed by atoms with van der Waals surface area (Å²) >= 11 is 0. The van der Waals surface area contributed by atoms with Crippen molar-refractivity contribution in [3.8, 4) is 0 Å². The molecule has 0 N–H and O–H groups in total. The zero-order chi connectivity index (χ0) is 17.2. The lowest BCUT2D eigenvalue weighted by Crippen LogP contribution is -2.27. The van der Waals surface area contributed by atoms with Gasteiger partial charge in [0.25, 0.3) is 0 Å². The zero-order valence-electron chi connectivity index (χ0n) is 12.0. The van der Waals surface area contributed by atoms with E-state index in [9.17, 15) is 33.4 Å². The molecule has 120 valence electrons. The first-order chi connectivity index (χ1) is 10.0. The van der Waals surface area contributed by atoms with Crippen molar-refractivity contribution >= 4 is 32.8 Å². The molecule has 0 aliphatic carbocycles. The van der Waals surface area contributed by atoms with Gasteiger partial charge in [-0.15, -0.1) is 0 Å². The van der Waals surface area contributed by atoms with Crippen molar-refractivity contribution in [3.05, 3.63) is 32.4 Å². The van der Waals surface area contributed by atoms with Crippen molar-refractivity contribution < 1.29 is 23.1 Å². The highest BCUT2D eigenvalue weighted by atomic mass is 32.2. The first kappa shape index (κ1) is 17.5. The summed E-state index contributed by atoms with van der Waals surface area (Å²) in [5.41, 5.74) is -2.19. The van der Waals surface area contributed by atoms with Gasteiger partial charge in [0.1, 0.15) is 0 Å². The first-order valence-electron chi connectivity index (χ1n) is 5.94.